The Kier molecular flexibility index (Phi) is 8.36. The van der Waals surface area contributed by atoms with Crippen molar-refractivity contribution in [1.29, 1.82) is 0 Å². The van der Waals surface area contributed by atoms with Gasteiger partial charge in [0.25, 0.3) is 0 Å². The number of carbonyl (C=O) groups is 5. The smallest absolute Gasteiger partial charge is 0.327 e. The number of aliphatic hydroxyl groups is 2. The maximum absolute atomic E-state index is 13.3. The van der Waals surface area contributed by atoms with Gasteiger partial charge in [-0.15, -0.1) is 0 Å². The van der Waals surface area contributed by atoms with E-state index in [1.54, 1.807) is 6.08 Å². The van der Waals surface area contributed by atoms with Crippen molar-refractivity contribution < 1.29 is 44.0 Å². The van der Waals surface area contributed by atoms with Crippen LogP contribution in [0.5, 0.6) is 0 Å². The van der Waals surface area contributed by atoms with E-state index in [4.69, 9.17) is 9.84 Å². The first-order chi connectivity index (χ1) is 18.3. The Bertz CT molecular complexity index is 1090. The molecule has 3 saturated carbocycles. The summed E-state index contributed by atoms with van der Waals surface area (Å²) >= 11 is 3.86. The molecule has 0 heterocycles. The third-order valence-electron chi connectivity index (χ3n) is 10.2. The van der Waals surface area contributed by atoms with E-state index in [9.17, 15) is 34.2 Å². The molecule has 10 nitrogen and oxygen atoms in total. The average Bonchev–Trinajstić information content (AvgIpc) is 3.15. The molecule has 0 bridgehead atoms. The summed E-state index contributed by atoms with van der Waals surface area (Å²) in [6.07, 6.45) is 4.12. The summed E-state index contributed by atoms with van der Waals surface area (Å²) in [4.78, 5) is 60.5. The number of carbonyl (C=O) groups excluding carboxylic acids is 4. The highest BCUT2D eigenvalue weighted by Gasteiger charge is 2.68. The van der Waals surface area contributed by atoms with E-state index < -0.39 is 53.4 Å². The Balaban J connectivity index is 1.39. The Morgan fingerprint density at radius 2 is 1.87 bits per heavy atom. The average molecular weight is 566 g/mol. The van der Waals surface area contributed by atoms with Gasteiger partial charge in [0.1, 0.15) is 11.6 Å². The summed E-state index contributed by atoms with van der Waals surface area (Å²) in [5.41, 5.74) is -1.82. The van der Waals surface area contributed by atoms with Gasteiger partial charge >= 0.3 is 11.9 Å². The molecule has 216 valence electrons. The van der Waals surface area contributed by atoms with Gasteiger partial charge in [-0.3, -0.25) is 19.2 Å². The van der Waals surface area contributed by atoms with Gasteiger partial charge in [0.05, 0.1) is 12.5 Å². The minimum absolute atomic E-state index is 0.00395. The molecule has 11 heteroatoms. The SMILES string of the molecule is C[C@]12CCC(=O)C=C1CC[C@H]1[C@H]2[C@@H](O)C[C@@]2(C)[C@H]1CC[C@]2(O)C(=O)COC(=O)CCC(=O)N[C@H](CS)C(=O)O. The first-order valence-corrected chi connectivity index (χ1v) is 14.4. The van der Waals surface area contributed by atoms with E-state index in [1.165, 1.54) is 0 Å². The summed E-state index contributed by atoms with van der Waals surface area (Å²) < 4.78 is 5.10. The molecule has 8 atom stereocenters. The summed E-state index contributed by atoms with van der Waals surface area (Å²) in [7, 11) is 0. The number of Topliss-reactive ketones (excluding diaryl/α,β-unsaturated/α-hetero) is 1. The zero-order valence-electron chi connectivity index (χ0n) is 22.5. The predicted octanol–water partition coefficient (Wildman–Crippen LogP) is 1.61. The molecule has 0 aromatic rings. The maximum Gasteiger partial charge on any atom is 0.327 e. The van der Waals surface area contributed by atoms with Crippen molar-refractivity contribution >= 4 is 42.0 Å². The lowest BCUT2D eigenvalue weighted by atomic mass is 9.45. The van der Waals surface area contributed by atoms with Crippen LogP contribution in [0.3, 0.4) is 0 Å². The van der Waals surface area contributed by atoms with Crippen LogP contribution in [0.15, 0.2) is 11.6 Å². The van der Waals surface area contributed by atoms with E-state index in [-0.39, 0.29) is 60.4 Å². The number of hydrogen-bond donors (Lipinski definition) is 5. The number of amides is 1. The third kappa shape index (κ3) is 5.17. The molecule has 4 aliphatic rings. The number of aliphatic hydroxyl groups excluding tert-OH is 1. The van der Waals surface area contributed by atoms with Gasteiger partial charge in [0.2, 0.25) is 11.7 Å². The van der Waals surface area contributed by atoms with Crippen molar-refractivity contribution in [2.45, 2.75) is 89.4 Å². The van der Waals surface area contributed by atoms with Gasteiger partial charge in [-0.05, 0) is 67.8 Å². The molecule has 1 amide bonds. The molecular formula is C28H39NO9S. The van der Waals surface area contributed by atoms with Crippen LogP contribution < -0.4 is 5.32 Å². The normalized spacial score (nSPS) is 38.0. The molecule has 0 saturated heterocycles. The molecule has 3 fully saturated rings. The molecule has 39 heavy (non-hydrogen) atoms. The number of thiol groups is 1. The molecule has 0 unspecified atom stereocenters. The number of carboxylic acid groups (broad SMARTS) is 1. The fourth-order valence-corrected chi connectivity index (χ4v) is 8.40. The van der Waals surface area contributed by atoms with Crippen LogP contribution in [-0.4, -0.2) is 74.8 Å². The van der Waals surface area contributed by atoms with E-state index in [0.29, 0.717) is 19.3 Å². The fourth-order valence-electron chi connectivity index (χ4n) is 8.16. The van der Waals surface area contributed by atoms with Crippen LogP contribution in [-0.2, 0) is 28.7 Å². The highest BCUT2D eigenvalue weighted by molar-refractivity contribution is 7.80. The minimum atomic E-state index is -1.76. The van der Waals surface area contributed by atoms with E-state index in [2.05, 4.69) is 24.9 Å². The topological polar surface area (TPSA) is 167 Å². The number of fused-ring (bicyclic) bond motifs is 5. The molecular weight excluding hydrogens is 526 g/mol. The summed E-state index contributed by atoms with van der Waals surface area (Å²) in [6.45, 7) is 3.34. The minimum Gasteiger partial charge on any atom is -0.480 e. The zero-order chi connectivity index (χ0) is 28.8. The van der Waals surface area contributed by atoms with Gasteiger partial charge in [-0.25, -0.2) is 4.79 Å². The Labute approximate surface area is 233 Å². The number of allylic oxidation sites excluding steroid dienone is 1. The molecule has 4 rings (SSSR count). The van der Waals surface area contributed by atoms with E-state index >= 15 is 0 Å². The second-order valence-corrected chi connectivity index (χ2v) is 12.6. The van der Waals surface area contributed by atoms with Gasteiger partial charge in [-0.1, -0.05) is 19.4 Å². The fraction of sp³-hybridized carbons (Fsp3) is 0.750. The van der Waals surface area contributed by atoms with Crippen LogP contribution in [0.2, 0.25) is 0 Å². The van der Waals surface area contributed by atoms with Crippen LogP contribution in [0.25, 0.3) is 0 Å². The standard InChI is InChI=1S/C28H39NO9S/c1-26-9-7-16(30)11-15(26)3-4-17-18-8-10-28(37,27(18,2)12-20(31)24(17)26)21(32)13-38-23(34)6-5-22(33)29-19(14-39)25(35)36/h11,17-20,24,31,37,39H,3-10,12-14H2,1-2H3,(H,29,33)(H,35,36)/t17-,18+,19-,20+,24+,26+,27+,28+/m1/s1. The molecule has 0 aliphatic heterocycles. The second kappa shape index (κ2) is 11.0. The molecule has 4 aliphatic carbocycles. The van der Waals surface area contributed by atoms with Crippen molar-refractivity contribution in [1.82, 2.24) is 5.32 Å². The number of esters is 1. The van der Waals surface area contributed by atoms with Crippen molar-refractivity contribution in [2.24, 2.45) is 28.6 Å². The largest absolute Gasteiger partial charge is 0.480 e. The Morgan fingerprint density at radius 1 is 1.15 bits per heavy atom. The Morgan fingerprint density at radius 3 is 2.54 bits per heavy atom. The van der Waals surface area contributed by atoms with Crippen LogP contribution in [0.1, 0.15) is 71.6 Å². The van der Waals surface area contributed by atoms with E-state index in [1.807, 2.05) is 6.92 Å². The summed E-state index contributed by atoms with van der Waals surface area (Å²) in [5, 5.41) is 34.4. The lowest BCUT2D eigenvalue weighted by Gasteiger charge is -2.60. The first kappa shape index (κ1) is 29.7. The number of rotatable bonds is 9. The number of aliphatic carboxylic acids is 1. The van der Waals surface area contributed by atoms with Crippen LogP contribution in [0.4, 0.5) is 0 Å². The van der Waals surface area contributed by atoms with Gasteiger partial charge in [-0.2, -0.15) is 12.6 Å². The van der Waals surface area contributed by atoms with Crippen molar-refractivity contribution in [2.75, 3.05) is 12.4 Å². The third-order valence-corrected chi connectivity index (χ3v) is 10.6. The van der Waals surface area contributed by atoms with Crippen molar-refractivity contribution in [3.8, 4) is 0 Å². The second-order valence-electron chi connectivity index (χ2n) is 12.2. The summed E-state index contributed by atoms with van der Waals surface area (Å²) in [6, 6.07) is -1.18. The molecule has 4 N–H and O–H groups in total. The van der Waals surface area contributed by atoms with Crippen molar-refractivity contribution in [3.63, 3.8) is 0 Å². The molecule has 0 spiro atoms. The number of hydrogen-bond acceptors (Lipinski definition) is 9. The Hall–Kier alpha value is -2.24. The molecule has 0 aromatic heterocycles. The lowest BCUT2D eigenvalue weighted by Crippen LogP contribution is -2.62. The van der Waals surface area contributed by atoms with Crippen LogP contribution >= 0.6 is 12.6 Å². The number of ketones is 2. The maximum atomic E-state index is 13.3. The highest BCUT2D eigenvalue weighted by atomic mass is 32.1. The monoisotopic (exact) mass is 565 g/mol. The van der Waals surface area contributed by atoms with Gasteiger partial charge < -0.3 is 25.4 Å². The van der Waals surface area contributed by atoms with Gasteiger partial charge in [0, 0.05) is 24.0 Å². The predicted molar refractivity (Wildman–Crippen MR) is 142 cm³/mol. The zero-order valence-corrected chi connectivity index (χ0v) is 23.4. The summed E-state index contributed by atoms with van der Waals surface area (Å²) in [5.74, 6) is -3.24. The molecule has 0 radical (unpaired) electrons. The quantitative estimate of drug-likeness (QED) is 0.206. The lowest BCUT2D eigenvalue weighted by molar-refractivity contribution is -0.184. The number of carboxylic acids is 1. The molecule has 0 aromatic carbocycles. The van der Waals surface area contributed by atoms with E-state index in [0.717, 1.165) is 18.4 Å². The number of nitrogens with one attached hydrogen (secondary N) is 1. The van der Waals surface area contributed by atoms with Crippen molar-refractivity contribution in [3.05, 3.63) is 11.6 Å². The first-order valence-electron chi connectivity index (χ1n) is 13.7. The highest BCUT2D eigenvalue weighted by Crippen LogP contribution is 2.67. The number of ether oxygens (including phenoxy) is 1. The van der Waals surface area contributed by atoms with Gasteiger partial charge in [0.15, 0.2) is 12.4 Å². The van der Waals surface area contributed by atoms with Crippen LogP contribution in [0, 0.1) is 28.6 Å².